The zero-order valence-corrected chi connectivity index (χ0v) is 21.7. The van der Waals surface area contributed by atoms with Crippen molar-refractivity contribution in [2.24, 2.45) is 0 Å². The van der Waals surface area contributed by atoms with Gasteiger partial charge in [-0.25, -0.2) is 4.98 Å². The molecule has 1 aromatic heterocycles. The van der Waals surface area contributed by atoms with Crippen molar-refractivity contribution < 1.29 is 14.0 Å². The van der Waals surface area contributed by atoms with Crippen LogP contribution < -0.4 is 4.74 Å². The molecule has 0 fully saturated rings. The highest BCUT2D eigenvalue weighted by molar-refractivity contribution is 5.46. The van der Waals surface area contributed by atoms with Gasteiger partial charge in [0.1, 0.15) is 24.5 Å². The molecule has 0 N–H and O–H groups in total. The molecule has 1 aromatic rings. The highest BCUT2D eigenvalue weighted by Gasteiger charge is 2.41. The molecule has 2 aliphatic heterocycles. The molecule has 0 aromatic carbocycles. The molecule has 0 radical (unpaired) electrons. The van der Waals surface area contributed by atoms with Crippen molar-refractivity contribution in [1.29, 1.82) is 0 Å². The van der Waals surface area contributed by atoms with Crippen LogP contribution in [0.25, 0.3) is 0 Å². The molecular weight excluding hydrogens is 396 g/mol. The summed E-state index contributed by atoms with van der Waals surface area (Å²) in [7, 11) is 0. The first kappa shape index (κ1) is 25.5. The Bertz CT molecular complexity index is 713. The van der Waals surface area contributed by atoms with Crippen molar-refractivity contribution >= 4 is 0 Å². The maximum atomic E-state index is 6.22. The van der Waals surface area contributed by atoms with E-state index in [4.69, 9.17) is 14.5 Å². The third-order valence-corrected chi connectivity index (χ3v) is 7.48. The minimum Gasteiger partial charge on any atom is -0.461 e. The summed E-state index contributed by atoms with van der Waals surface area (Å²) in [4.78, 5) is 5.07. The molecule has 0 bridgehead atoms. The van der Waals surface area contributed by atoms with Gasteiger partial charge in [0.2, 0.25) is 5.79 Å². The summed E-state index contributed by atoms with van der Waals surface area (Å²) in [6.07, 6.45) is 16.4. The first-order valence-corrected chi connectivity index (χ1v) is 13.6. The lowest BCUT2D eigenvalue weighted by Crippen LogP contribution is -2.44. The van der Waals surface area contributed by atoms with Gasteiger partial charge < -0.3 is 14.0 Å². The molecular formula is C28H49N2O2+. The van der Waals surface area contributed by atoms with E-state index in [0.717, 1.165) is 24.5 Å². The van der Waals surface area contributed by atoms with Gasteiger partial charge in [-0.2, -0.15) is 0 Å². The summed E-state index contributed by atoms with van der Waals surface area (Å²) in [5.74, 6) is 0.425. The molecule has 4 heteroatoms. The molecule has 3 rings (SSSR count). The van der Waals surface area contributed by atoms with Gasteiger partial charge in [0, 0.05) is 25.0 Å². The first-order chi connectivity index (χ1) is 15.4. The number of quaternary nitrogens is 1. The Hall–Kier alpha value is -1.13. The molecule has 2 aliphatic rings. The molecule has 182 valence electrons. The number of ether oxygens (including phenoxy) is 2. The zero-order valence-electron chi connectivity index (χ0n) is 21.7. The van der Waals surface area contributed by atoms with Gasteiger partial charge in [-0.3, -0.25) is 0 Å². The van der Waals surface area contributed by atoms with Crippen molar-refractivity contribution in [2.45, 2.75) is 137 Å². The van der Waals surface area contributed by atoms with E-state index in [2.05, 4.69) is 20.8 Å². The summed E-state index contributed by atoms with van der Waals surface area (Å²) in [6.45, 7) is 16.1. The Labute approximate surface area is 197 Å². The lowest BCUT2D eigenvalue weighted by Gasteiger charge is -2.35. The first-order valence-electron chi connectivity index (χ1n) is 13.6. The van der Waals surface area contributed by atoms with E-state index in [1.54, 1.807) is 0 Å². The topological polar surface area (TPSA) is 31.4 Å². The summed E-state index contributed by atoms with van der Waals surface area (Å²) in [6, 6.07) is 0. The number of nitrogens with zero attached hydrogens (tertiary/aromatic N) is 2. The second-order valence-electron chi connectivity index (χ2n) is 10.9. The maximum Gasteiger partial charge on any atom is 0.205 e. The maximum absolute atomic E-state index is 6.22. The van der Waals surface area contributed by atoms with Crippen LogP contribution in [-0.4, -0.2) is 28.3 Å². The van der Waals surface area contributed by atoms with Crippen LogP contribution in [0.3, 0.4) is 0 Å². The number of aromatic nitrogens is 1. The second-order valence-corrected chi connectivity index (χ2v) is 10.9. The molecule has 0 amide bonds. The van der Waals surface area contributed by atoms with Crippen LogP contribution >= 0.6 is 0 Å². The number of hydrogen-bond donors (Lipinski definition) is 0. The number of hydrogen-bond acceptors (Lipinski definition) is 3. The molecule has 32 heavy (non-hydrogen) atoms. The number of aryl methyl sites for hydroxylation is 1. The Kier molecular flexibility index (Phi) is 9.43. The molecule has 0 spiro atoms. The predicted octanol–water partition coefficient (Wildman–Crippen LogP) is 7.59. The van der Waals surface area contributed by atoms with E-state index in [1.165, 1.54) is 111 Å². The van der Waals surface area contributed by atoms with Gasteiger partial charge in [0.05, 0.1) is 25.4 Å². The van der Waals surface area contributed by atoms with Gasteiger partial charge in [-0.15, -0.1) is 0 Å². The third kappa shape index (κ3) is 6.70. The summed E-state index contributed by atoms with van der Waals surface area (Å²) < 4.78 is 13.5. The zero-order chi connectivity index (χ0) is 23.0. The molecule has 0 atom stereocenters. The lowest BCUT2D eigenvalue weighted by atomic mass is 10.0. The van der Waals surface area contributed by atoms with Gasteiger partial charge in [-0.1, -0.05) is 65.2 Å². The van der Waals surface area contributed by atoms with Crippen LogP contribution in [0.2, 0.25) is 0 Å². The van der Waals surface area contributed by atoms with Crippen molar-refractivity contribution in [3.05, 3.63) is 22.5 Å². The minimum absolute atomic E-state index is 0.560. The number of rotatable bonds is 14. The fraction of sp³-hybridized carbons (Fsp3) is 0.821. The van der Waals surface area contributed by atoms with Crippen molar-refractivity contribution in [3.63, 3.8) is 0 Å². The molecule has 0 saturated heterocycles. The summed E-state index contributed by atoms with van der Waals surface area (Å²) in [5, 5.41) is 0. The van der Waals surface area contributed by atoms with E-state index in [9.17, 15) is 0 Å². The lowest BCUT2D eigenvalue weighted by molar-refractivity contribution is -0.947. The molecule has 4 nitrogen and oxygen atoms in total. The Morgan fingerprint density at radius 2 is 1.34 bits per heavy atom. The molecule has 0 unspecified atom stereocenters. The van der Waals surface area contributed by atoms with Crippen LogP contribution in [0.4, 0.5) is 0 Å². The summed E-state index contributed by atoms with van der Waals surface area (Å²) in [5.41, 5.74) is 5.05. The van der Waals surface area contributed by atoms with E-state index >= 15 is 0 Å². The van der Waals surface area contributed by atoms with Crippen molar-refractivity contribution in [2.75, 3.05) is 13.1 Å². The Balaban J connectivity index is 1.68. The fourth-order valence-electron chi connectivity index (χ4n) is 5.57. The van der Waals surface area contributed by atoms with E-state index in [0.29, 0.717) is 6.61 Å². The second kappa shape index (κ2) is 11.8. The Morgan fingerprint density at radius 3 is 1.94 bits per heavy atom. The molecule has 0 aliphatic carbocycles. The average molecular weight is 446 g/mol. The van der Waals surface area contributed by atoms with E-state index < -0.39 is 5.79 Å². The van der Waals surface area contributed by atoms with E-state index in [-0.39, 0.29) is 0 Å². The predicted molar refractivity (Wildman–Crippen MR) is 133 cm³/mol. The normalized spacial score (nSPS) is 18.3. The minimum atomic E-state index is -0.560. The third-order valence-electron chi connectivity index (χ3n) is 7.48. The van der Waals surface area contributed by atoms with Gasteiger partial charge in [0.25, 0.3) is 0 Å². The highest BCUT2D eigenvalue weighted by atomic mass is 16.7. The number of fused-ring (bicyclic) bond motifs is 3. The van der Waals surface area contributed by atoms with Gasteiger partial charge in [0.15, 0.2) is 0 Å². The SMILES string of the molecule is CCCCCCCC[N+]1(CCCCCCCC)Cc2nc(C)c3c(c2C1)COC(C)(C)O3. The van der Waals surface area contributed by atoms with Crippen molar-refractivity contribution in [3.8, 4) is 5.75 Å². The summed E-state index contributed by atoms with van der Waals surface area (Å²) >= 11 is 0. The number of unbranched alkanes of at least 4 members (excludes halogenated alkanes) is 10. The van der Waals surface area contributed by atoms with Crippen molar-refractivity contribution in [1.82, 2.24) is 4.98 Å². The van der Waals surface area contributed by atoms with Crippen LogP contribution in [0.15, 0.2) is 0 Å². The molecule has 0 saturated carbocycles. The van der Waals surface area contributed by atoms with Gasteiger partial charge in [-0.05, 0) is 32.6 Å². The van der Waals surface area contributed by atoms with Gasteiger partial charge >= 0.3 is 0 Å². The quantitative estimate of drug-likeness (QED) is 0.218. The van der Waals surface area contributed by atoms with Crippen LogP contribution in [-0.2, 0) is 24.4 Å². The fourth-order valence-corrected chi connectivity index (χ4v) is 5.57. The van der Waals surface area contributed by atoms with Crippen LogP contribution in [0, 0.1) is 6.92 Å². The number of pyridine rings is 1. The Morgan fingerprint density at radius 1 is 0.781 bits per heavy atom. The average Bonchev–Trinajstić information content (AvgIpc) is 3.11. The highest BCUT2D eigenvalue weighted by Crippen LogP contribution is 2.41. The molecule has 3 heterocycles. The van der Waals surface area contributed by atoms with Crippen LogP contribution in [0.5, 0.6) is 5.75 Å². The largest absolute Gasteiger partial charge is 0.461 e. The smallest absolute Gasteiger partial charge is 0.205 e. The van der Waals surface area contributed by atoms with E-state index in [1.807, 2.05) is 13.8 Å². The van der Waals surface area contributed by atoms with Crippen LogP contribution in [0.1, 0.15) is 127 Å². The standard InChI is InChI=1S/C28H49N2O2/c1-6-8-10-12-14-16-18-30(19-17-15-13-11-9-7-2)20-24-25-22-31-28(4,5)32-27(25)23(3)29-26(24)21-30/h6-22H2,1-5H3/q+1. The monoisotopic (exact) mass is 445 g/mol.